The number of carbonyl (C=O) groups is 1. The highest BCUT2D eigenvalue weighted by molar-refractivity contribution is 5.88. The van der Waals surface area contributed by atoms with Gasteiger partial charge in [0.2, 0.25) is 5.91 Å². The van der Waals surface area contributed by atoms with E-state index in [0.717, 1.165) is 53.1 Å². The summed E-state index contributed by atoms with van der Waals surface area (Å²) in [6, 6.07) is 12.1. The first-order chi connectivity index (χ1) is 14.3. The highest BCUT2D eigenvalue weighted by Crippen LogP contribution is 2.23. The van der Waals surface area contributed by atoms with Crippen LogP contribution in [0.25, 0.3) is 10.9 Å². The zero-order valence-corrected chi connectivity index (χ0v) is 16.1. The lowest BCUT2D eigenvalue weighted by Crippen LogP contribution is -2.36. The number of aryl methyl sites for hydroxylation is 2. The maximum Gasteiger partial charge on any atom is 0.227 e. The Bertz CT molecular complexity index is 1150. The summed E-state index contributed by atoms with van der Waals surface area (Å²) < 4.78 is 5.94. The molecule has 0 saturated heterocycles. The highest BCUT2D eigenvalue weighted by atomic mass is 16.4. The van der Waals surface area contributed by atoms with Gasteiger partial charge in [-0.3, -0.25) is 9.78 Å². The van der Waals surface area contributed by atoms with Crippen molar-refractivity contribution < 1.29 is 9.21 Å². The lowest BCUT2D eigenvalue weighted by molar-refractivity contribution is -0.131. The monoisotopic (exact) mass is 386 g/mol. The minimum Gasteiger partial charge on any atom is -0.445 e. The fourth-order valence-electron chi connectivity index (χ4n) is 3.92. The first-order valence-corrected chi connectivity index (χ1v) is 9.95. The van der Waals surface area contributed by atoms with Gasteiger partial charge in [-0.05, 0) is 29.7 Å². The molecule has 1 N–H and O–H groups in total. The van der Waals surface area contributed by atoms with Crippen molar-refractivity contribution in [1.29, 1.82) is 0 Å². The second-order valence-electron chi connectivity index (χ2n) is 7.44. The van der Waals surface area contributed by atoms with E-state index in [0.29, 0.717) is 19.5 Å². The lowest BCUT2D eigenvalue weighted by atomic mass is 10.1. The number of benzene rings is 1. The average Bonchev–Trinajstić information content (AvgIpc) is 3.36. The molecule has 0 aliphatic carbocycles. The largest absolute Gasteiger partial charge is 0.445 e. The van der Waals surface area contributed by atoms with Gasteiger partial charge in [-0.25, -0.2) is 4.98 Å². The number of amides is 1. The van der Waals surface area contributed by atoms with Crippen LogP contribution in [0.1, 0.15) is 28.5 Å². The molecule has 0 spiro atoms. The number of nitrogens with zero attached hydrogens (tertiary/aromatic N) is 3. The van der Waals surface area contributed by atoms with Gasteiger partial charge >= 0.3 is 0 Å². The molecule has 0 radical (unpaired) electrons. The van der Waals surface area contributed by atoms with Crippen molar-refractivity contribution in [3.8, 4) is 0 Å². The topological polar surface area (TPSA) is 75.0 Å². The molecule has 1 amide bonds. The second kappa shape index (κ2) is 7.54. The third kappa shape index (κ3) is 3.66. The summed E-state index contributed by atoms with van der Waals surface area (Å²) >= 11 is 0. The van der Waals surface area contributed by atoms with Gasteiger partial charge < -0.3 is 14.3 Å². The molecule has 1 aliphatic rings. The molecular formula is C23H22N4O2. The van der Waals surface area contributed by atoms with Gasteiger partial charge in [0.1, 0.15) is 11.5 Å². The number of aromatic amines is 1. The van der Waals surface area contributed by atoms with Gasteiger partial charge in [-0.2, -0.15) is 0 Å². The highest BCUT2D eigenvalue weighted by Gasteiger charge is 2.25. The molecular weight excluding hydrogens is 364 g/mol. The quantitative estimate of drug-likeness (QED) is 0.570. The van der Waals surface area contributed by atoms with E-state index in [1.54, 1.807) is 6.20 Å². The number of pyridine rings is 1. The number of hydrogen-bond donors (Lipinski definition) is 1. The summed E-state index contributed by atoms with van der Waals surface area (Å²) in [4.78, 5) is 26.8. The Kier molecular flexibility index (Phi) is 4.60. The van der Waals surface area contributed by atoms with Crippen LogP contribution in [0.2, 0.25) is 0 Å². The smallest absolute Gasteiger partial charge is 0.227 e. The predicted molar refractivity (Wildman–Crippen MR) is 109 cm³/mol. The van der Waals surface area contributed by atoms with Crippen LogP contribution in [0, 0.1) is 0 Å². The second-order valence-corrected chi connectivity index (χ2v) is 7.44. The van der Waals surface area contributed by atoms with E-state index in [4.69, 9.17) is 4.42 Å². The van der Waals surface area contributed by atoms with E-state index in [9.17, 15) is 4.79 Å². The minimum atomic E-state index is 0.125. The maximum atomic E-state index is 12.9. The number of carbonyl (C=O) groups excluding carboxylic acids is 1. The predicted octanol–water partition coefficient (Wildman–Crippen LogP) is 3.46. The number of para-hydroxylation sites is 1. The van der Waals surface area contributed by atoms with Gasteiger partial charge in [0.25, 0.3) is 0 Å². The SMILES string of the molecule is O=C(Cc1c[nH]c2ccccc12)N1CCc2oc(CCc3cccnc3)nc2C1. The van der Waals surface area contributed by atoms with E-state index in [2.05, 4.69) is 27.1 Å². The number of fused-ring (bicyclic) bond motifs is 2. The van der Waals surface area contributed by atoms with Crippen molar-refractivity contribution in [2.24, 2.45) is 0 Å². The zero-order valence-electron chi connectivity index (χ0n) is 16.1. The number of oxazole rings is 1. The van der Waals surface area contributed by atoms with Crippen molar-refractivity contribution in [2.45, 2.75) is 32.2 Å². The van der Waals surface area contributed by atoms with E-state index in [1.165, 1.54) is 5.56 Å². The molecule has 0 bridgehead atoms. The number of aromatic nitrogens is 3. The standard InChI is InChI=1S/C23H22N4O2/c28-23(12-17-14-25-19-6-2-1-5-18(17)19)27-11-9-21-20(15-27)26-22(29-21)8-7-16-4-3-10-24-13-16/h1-6,10,13-14,25H,7-9,11-12,15H2. The zero-order chi connectivity index (χ0) is 19.6. The van der Waals surface area contributed by atoms with Gasteiger partial charge in [-0.15, -0.1) is 0 Å². The van der Waals surface area contributed by atoms with Crippen LogP contribution in [-0.2, 0) is 37.0 Å². The van der Waals surface area contributed by atoms with Crippen LogP contribution in [0.3, 0.4) is 0 Å². The maximum absolute atomic E-state index is 12.9. The Labute approximate surface area is 168 Å². The molecule has 4 heterocycles. The van der Waals surface area contributed by atoms with Crippen molar-refractivity contribution in [1.82, 2.24) is 19.9 Å². The van der Waals surface area contributed by atoms with Crippen LogP contribution >= 0.6 is 0 Å². The van der Waals surface area contributed by atoms with Crippen molar-refractivity contribution in [3.05, 3.63) is 83.5 Å². The molecule has 1 aromatic carbocycles. The fraction of sp³-hybridized carbons (Fsp3) is 0.261. The first-order valence-electron chi connectivity index (χ1n) is 9.95. The number of H-pyrrole nitrogens is 1. The average molecular weight is 386 g/mol. The van der Waals surface area contributed by atoms with E-state index in [1.807, 2.05) is 41.6 Å². The summed E-state index contributed by atoms with van der Waals surface area (Å²) in [5, 5.41) is 1.11. The Balaban J connectivity index is 1.24. The van der Waals surface area contributed by atoms with Gasteiger partial charge in [0, 0.05) is 48.9 Å². The van der Waals surface area contributed by atoms with Crippen LogP contribution in [0.4, 0.5) is 0 Å². The van der Waals surface area contributed by atoms with E-state index in [-0.39, 0.29) is 5.91 Å². The van der Waals surface area contributed by atoms with Crippen LogP contribution in [-0.4, -0.2) is 32.3 Å². The molecule has 146 valence electrons. The number of rotatable bonds is 5. The molecule has 3 aromatic heterocycles. The van der Waals surface area contributed by atoms with Gasteiger partial charge in [0.15, 0.2) is 5.89 Å². The van der Waals surface area contributed by atoms with Crippen LogP contribution in [0.5, 0.6) is 0 Å². The fourth-order valence-corrected chi connectivity index (χ4v) is 3.92. The Morgan fingerprint density at radius 2 is 2.10 bits per heavy atom. The van der Waals surface area contributed by atoms with Crippen LogP contribution in [0.15, 0.2) is 59.4 Å². The Morgan fingerprint density at radius 1 is 1.17 bits per heavy atom. The summed E-state index contributed by atoms with van der Waals surface area (Å²) in [7, 11) is 0. The van der Waals surface area contributed by atoms with Crippen molar-refractivity contribution >= 4 is 16.8 Å². The molecule has 1 aliphatic heterocycles. The molecule has 6 heteroatoms. The molecule has 6 nitrogen and oxygen atoms in total. The summed E-state index contributed by atoms with van der Waals surface area (Å²) in [6.07, 6.45) is 8.27. The normalized spacial score (nSPS) is 13.6. The third-order valence-electron chi connectivity index (χ3n) is 5.49. The van der Waals surface area contributed by atoms with Crippen LogP contribution < -0.4 is 0 Å². The van der Waals surface area contributed by atoms with Crippen molar-refractivity contribution in [3.63, 3.8) is 0 Å². The van der Waals surface area contributed by atoms with Crippen molar-refractivity contribution in [2.75, 3.05) is 6.54 Å². The van der Waals surface area contributed by atoms with E-state index >= 15 is 0 Å². The Morgan fingerprint density at radius 3 is 3.00 bits per heavy atom. The molecule has 29 heavy (non-hydrogen) atoms. The van der Waals surface area contributed by atoms with Gasteiger partial charge in [0.05, 0.1) is 13.0 Å². The first kappa shape index (κ1) is 17.7. The molecule has 0 unspecified atom stereocenters. The third-order valence-corrected chi connectivity index (χ3v) is 5.49. The lowest BCUT2D eigenvalue weighted by Gasteiger charge is -2.25. The minimum absolute atomic E-state index is 0.125. The van der Waals surface area contributed by atoms with Gasteiger partial charge in [-0.1, -0.05) is 24.3 Å². The molecule has 0 fully saturated rings. The number of nitrogens with one attached hydrogen (secondary N) is 1. The molecule has 0 atom stereocenters. The molecule has 0 saturated carbocycles. The molecule has 4 aromatic rings. The van der Waals surface area contributed by atoms with E-state index < -0.39 is 0 Å². The summed E-state index contributed by atoms with van der Waals surface area (Å²) in [5.74, 6) is 1.78. The summed E-state index contributed by atoms with van der Waals surface area (Å²) in [5.41, 5.74) is 4.16. The molecule has 5 rings (SSSR count). The summed E-state index contributed by atoms with van der Waals surface area (Å²) in [6.45, 7) is 1.19. The Hall–Kier alpha value is -3.41. The number of hydrogen-bond acceptors (Lipinski definition) is 4.